The number of aromatic nitrogens is 1. The van der Waals surface area contributed by atoms with Crippen molar-refractivity contribution in [1.82, 2.24) is 4.98 Å². The Kier molecular flexibility index (Phi) is 2.94. The van der Waals surface area contributed by atoms with Crippen LogP contribution in [0.5, 0.6) is 0 Å². The van der Waals surface area contributed by atoms with Gasteiger partial charge in [-0.2, -0.15) is 0 Å². The Hall–Kier alpha value is -1.05. The smallest absolute Gasteiger partial charge is 0.0373 e. The van der Waals surface area contributed by atoms with Crippen molar-refractivity contribution in [3.63, 3.8) is 0 Å². The molecule has 1 N–H and O–H groups in total. The van der Waals surface area contributed by atoms with E-state index in [1.54, 1.807) is 0 Å². The molecular weight excluding hydrogens is 184 g/mol. The van der Waals surface area contributed by atoms with Crippen molar-refractivity contribution in [2.75, 3.05) is 5.32 Å². The molecule has 1 saturated carbocycles. The summed E-state index contributed by atoms with van der Waals surface area (Å²) in [6.07, 6.45) is 9.04. The summed E-state index contributed by atoms with van der Waals surface area (Å²) in [7, 11) is 0. The molecule has 82 valence electrons. The predicted octanol–water partition coefficient (Wildman–Crippen LogP) is 3.46. The lowest BCUT2D eigenvalue weighted by atomic mass is 9.73. The maximum atomic E-state index is 4.03. The molecule has 0 saturated heterocycles. The highest BCUT2D eigenvalue weighted by molar-refractivity contribution is 5.42. The van der Waals surface area contributed by atoms with Crippen molar-refractivity contribution in [2.45, 2.75) is 45.6 Å². The minimum Gasteiger partial charge on any atom is -0.382 e. The molecule has 1 atom stereocenters. The average Bonchev–Trinajstić information content (AvgIpc) is 2.23. The topological polar surface area (TPSA) is 24.9 Å². The Morgan fingerprint density at radius 3 is 2.67 bits per heavy atom. The fourth-order valence-electron chi connectivity index (χ4n) is 2.41. The molecule has 2 heteroatoms. The summed E-state index contributed by atoms with van der Waals surface area (Å²) in [6.45, 7) is 4.73. The number of pyridine rings is 1. The lowest BCUT2D eigenvalue weighted by Gasteiger charge is -2.39. The van der Waals surface area contributed by atoms with Crippen LogP contribution in [0.4, 0.5) is 5.69 Å². The minimum atomic E-state index is 0.418. The fraction of sp³-hybridized carbons (Fsp3) is 0.615. The van der Waals surface area contributed by atoms with Crippen LogP contribution in [-0.4, -0.2) is 11.0 Å². The van der Waals surface area contributed by atoms with Gasteiger partial charge in [0.25, 0.3) is 0 Å². The summed E-state index contributed by atoms with van der Waals surface area (Å²) in [4.78, 5) is 4.03. The van der Waals surface area contributed by atoms with Gasteiger partial charge < -0.3 is 5.32 Å². The van der Waals surface area contributed by atoms with Gasteiger partial charge in [-0.15, -0.1) is 0 Å². The average molecular weight is 204 g/mol. The lowest BCUT2D eigenvalue weighted by Crippen LogP contribution is -2.38. The highest BCUT2D eigenvalue weighted by atomic mass is 14.9. The zero-order valence-corrected chi connectivity index (χ0v) is 9.66. The molecule has 0 spiro atoms. The highest BCUT2D eigenvalue weighted by Crippen LogP contribution is 2.37. The molecule has 1 unspecified atom stereocenters. The predicted molar refractivity (Wildman–Crippen MR) is 63.9 cm³/mol. The molecule has 0 bridgehead atoms. The Labute approximate surface area is 92.1 Å². The minimum absolute atomic E-state index is 0.418. The van der Waals surface area contributed by atoms with E-state index in [9.17, 15) is 0 Å². The van der Waals surface area contributed by atoms with Gasteiger partial charge in [0, 0.05) is 24.1 Å². The van der Waals surface area contributed by atoms with Crippen molar-refractivity contribution >= 4 is 5.69 Å². The van der Waals surface area contributed by atoms with Crippen molar-refractivity contribution in [3.05, 3.63) is 24.5 Å². The van der Waals surface area contributed by atoms with Gasteiger partial charge in [-0.25, -0.2) is 0 Å². The van der Waals surface area contributed by atoms with Gasteiger partial charge in [0.05, 0.1) is 0 Å². The lowest BCUT2D eigenvalue weighted by molar-refractivity contribution is 0.217. The van der Waals surface area contributed by atoms with Gasteiger partial charge in [-0.3, -0.25) is 4.98 Å². The largest absolute Gasteiger partial charge is 0.382 e. The van der Waals surface area contributed by atoms with Gasteiger partial charge in [0.2, 0.25) is 0 Å². The number of hydrogen-bond acceptors (Lipinski definition) is 2. The molecule has 15 heavy (non-hydrogen) atoms. The number of anilines is 1. The van der Waals surface area contributed by atoms with Gasteiger partial charge in [0.15, 0.2) is 0 Å². The molecule has 1 aromatic heterocycles. The number of nitrogens with zero attached hydrogens (tertiary/aromatic N) is 1. The van der Waals surface area contributed by atoms with Crippen LogP contribution in [0.25, 0.3) is 0 Å². The first-order chi connectivity index (χ1) is 7.18. The SMILES string of the molecule is CC1(C)CCCCC1Nc1ccncc1. The van der Waals surface area contributed by atoms with Crippen LogP contribution < -0.4 is 5.32 Å². The molecule has 0 radical (unpaired) electrons. The van der Waals surface area contributed by atoms with Crippen molar-refractivity contribution in [3.8, 4) is 0 Å². The normalized spacial score (nSPS) is 24.8. The summed E-state index contributed by atoms with van der Waals surface area (Å²) >= 11 is 0. The van der Waals surface area contributed by atoms with Crippen LogP contribution in [-0.2, 0) is 0 Å². The number of nitrogens with one attached hydrogen (secondary N) is 1. The first-order valence-electron chi connectivity index (χ1n) is 5.85. The van der Waals surface area contributed by atoms with E-state index < -0.39 is 0 Å². The monoisotopic (exact) mass is 204 g/mol. The molecule has 1 heterocycles. The third-order valence-corrected chi connectivity index (χ3v) is 3.53. The molecule has 1 aromatic rings. The Morgan fingerprint density at radius 2 is 2.00 bits per heavy atom. The maximum absolute atomic E-state index is 4.03. The van der Waals surface area contributed by atoms with Crippen LogP contribution in [0.15, 0.2) is 24.5 Å². The molecule has 0 aliphatic heterocycles. The van der Waals surface area contributed by atoms with Gasteiger partial charge in [-0.1, -0.05) is 26.7 Å². The van der Waals surface area contributed by atoms with E-state index in [1.165, 1.54) is 31.4 Å². The summed E-state index contributed by atoms with van der Waals surface area (Å²) in [5.74, 6) is 0. The van der Waals surface area contributed by atoms with E-state index in [0.29, 0.717) is 11.5 Å². The van der Waals surface area contributed by atoms with E-state index in [4.69, 9.17) is 0 Å². The van der Waals surface area contributed by atoms with Crippen LogP contribution in [0.3, 0.4) is 0 Å². The second-order valence-electron chi connectivity index (χ2n) is 5.17. The van der Waals surface area contributed by atoms with Crippen molar-refractivity contribution < 1.29 is 0 Å². The Morgan fingerprint density at radius 1 is 1.27 bits per heavy atom. The van der Waals surface area contributed by atoms with Crippen LogP contribution >= 0.6 is 0 Å². The summed E-state index contributed by atoms with van der Waals surface area (Å²) in [6, 6.07) is 4.70. The fourth-order valence-corrected chi connectivity index (χ4v) is 2.41. The maximum Gasteiger partial charge on any atom is 0.0373 e. The van der Waals surface area contributed by atoms with Crippen molar-refractivity contribution in [2.24, 2.45) is 5.41 Å². The van der Waals surface area contributed by atoms with Gasteiger partial charge in [-0.05, 0) is 30.4 Å². The first-order valence-corrected chi connectivity index (χ1v) is 5.85. The Balaban J connectivity index is 2.05. The first kappa shape index (κ1) is 10.5. The molecule has 0 aromatic carbocycles. The van der Waals surface area contributed by atoms with E-state index >= 15 is 0 Å². The molecule has 1 aliphatic rings. The summed E-state index contributed by atoms with van der Waals surface area (Å²) in [5.41, 5.74) is 1.62. The second-order valence-corrected chi connectivity index (χ2v) is 5.17. The molecule has 2 nitrogen and oxygen atoms in total. The Bertz CT molecular complexity index is 306. The van der Waals surface area contributed by atoms with Crippen LogP contribution in [0.1, 0.15) is 39.5 Å². The van der Waals surface area contributed by atoms with E-state index in [1.807, 2.05) is 24.5 Å². The van der Waals surface area contributed by atoms with E-state index in [0.717, 1.165) is 0 Å². The third kappa shape index (κ3) is 2.49. The van der Waals surface area contributed by atoms with Crippen molar-refractivity contribution in [1.29, 1.82) is 0 Å². The van der Waals surface area contributed by atoms with Gasteiger partial charge >= 0.3 is 0 Å². The molecule has 1 fully saturated rings. The molecule has 0 amide bonds. The molecular formula is C13H20N2. The highest BCUT2D eigenvalue weighted by Gasteiger charge is 2.31. The number of hydrogen-bond donors (Lipinski definition) is 1. The zero-order chi connectivity index (χ0) is 10.7. The quantitative estimate of drug-likeness (QED) is 0.798. The van der Waals surface area contributed by atoms with E-state index in [-0.39, 0.29) is 0 Å². The molecule has 2 rings (SSSR count). The van der Waals surface area contributed by atoms with Crippen LogP contribution in [0.2, 0.25) is 0 Å². The molecule has 1 aliphatic carbocycles. The van der Waals surface area contributed by atoms with Gasteiger partial charge in [0.1, 0.15) is 0 Å². The third-order valence-electron chi connectivity index (χ3n) is 3.53. The number of rotatable bonds is 2. The second kappa shape index (κ2) is 4.21. The summed E-state index contributed by atoms with van der Waals surface area (Å²) < 4.78 is 0. The zero-order valence-electron chi connectivity index (χ0n) is 9.66. The van der Waals surface area contributed by atoms with Crippen LogP contribution in [0, 0.1) is 5.41 Å². The standard InChI is InChI=1S/C13H20N2/c1-13(2)8-4-3-5-12(13)15-11-6-9-14-10-7-11/h6-7,9-10,12H,3-5,8H2,1-2H3,(H,14,15). The van der Waals surface area contributed by atoms with E-state index in [2.05, 4.69) is 24.1 Å². The summed E-state index contributed by atoms with van der Waals surface area (Å²) in [5, 5.41) is 3.63.